The maximum Gasteiger partial charge on any atom is 0.303 e. The van der Waals surface area contributed by atoms with Crippen molar-refractivity contribution in [3.63, 3.8) is 0 Å². The van der Waals surface area contributed by atoms with E-state index in [2.05, 4.69) is 14.8 Å². The zero-order valence-electron chi connectivity index (χ0n) is 27.6. The summed E-state index contributed by atoms with van der Waals surface area (Å²) in [4.78, 5) is 11.5. The largest absolute Gasteiger partial charge is 0.481 e. The highest BCUT2D eigenvalue weighted by Gasteiger charge is 2.33. The van der Waals surface area contributed by atoms with Crippen LogP contribution in [0.15, 0.2) is 86.7 Å². The minimum atomic E-state index is -4.97. The summed E-state index contributed by atoms with van der Waals surface area (Å²) in [5.41, 5.74) is 5.02. The molecule has 3 aliphatic rings. The number of rotatable bonds is 10. The monoisotopic (exact) mass is 731 g/mol. The number of carboxylic acid groups (broad SMARTS) is 1. The molecule has 3 N–H and O–H groups in total. The van der Waals surface area contributed by atoms with Crippen LogP contribution in [0.3, 0.4) is 0 Å². The number of aryl methyl sites for hydroxylation is 1. The Bertz CT molecular complexity index is 2480. The van der Waals surface area contributed by atoms with Gasteiger partial charge < -0.3 is 14.7 Å². The zero-order chi connectivity index (χ0) is 36.1. The van der Waals surface area contributed by atoms with Gasteiger partial charge >= 0.3 is 5.97 Å². The first-order valence-electron chi connectivity index (χ1n) is 16.5. The molecule has 264 valence electrons. The molecule has 0 fully saturated rings. The van der Waals surface area contributed by atoms with Crippen molar-refractivity contribution in [2.24, 2.45) is 10.2 Å². The van der Waals surface area contributed by atoms with E-state index < -0.39 is 36.0 Å². The first kappa shape index (κ1) is 34.5. The molecule has 13 nitrogen and oxygen atoms in total. The SMILES string of the molecule is CN(CCCC(=O)O)c1ccc(N=Nc2ccc3c(c2)Oc2c4c5c(cc2=C3c2ccc(S(=O)(=O)O)cc2S(=O)(=O)O)CCC[N+]=5CCC4)cc1. The van der Waals surface area contributed by atoms with Crippen LogP contribution < -0.4 is 24.8 Å². The molecule has 15 heteroatoms. The van der Waals surface area contributed by atoms with Gasteiger partial charge in [0, 0.05) is 72.1 Å². The smallest absolute Gasteiger partial charge is 0.303 e. The van der Waals surface area contributed by atoms with Crippen molar-refractivity contribution < 1.29 is 40.6 Å². The van der Waals surface area contributed by atoms with Crippen LogP contribution in [0.25, 0.3) is 5.57 Å². The number of aliphatic carboxylic acids is 1. The first-order chi connectivity index (χ1) is 24.3. The van der Waals surface area contributed by atoms with Crippen LogP contribution >= 0.6 is 0 Å². The zero-order valence-corrected chi connectivity index (χ0v) is 29.2. The van der Waals surface area contributed by atoms with Crippen molar-refractivity contribution in [1.29, 1.82) is 0 Å². The van der Waals surface area contributed by atoms with E-state index in [1.807, 2.05) is 30.1 Å². The molecule has 0 spiro atoms. The Morgan fingerprint density at radius 1 is 0.863 bits per heavy atom. The molecule has 4 aromatic carbocycles. The molecule has 4 aromatic rings. The van der Waals surface area contributed by atoms with E-state index in [1.165, 1.54) is 6.07 Å². The number of hydrogen-bond donors (Lipinski definition) is 3. The van der Waals surface area contributed by atoms with E-state index >= 15 is 0 Å². The molecule has 3 heterocycles. The van der Waals surface area contributed by atoms with Crippen LogP contribution in [0.4, 0.5) is 17.1 Å². The fourth-order valence-electron chi connectivity index (χ4n) is 7.11. The molecule has 0 aromatic heterocycles. The van der Waals surface area contributed by atoms with Crippen molar-refractivity contribution in [3.05, 3.63) is 99.6 Å². The third-order valence-corrected chi connectivity index (χ3v) is 11.2. The summed E-state index contributed by atoms with van der Waals surface area (Å²) < 4.78 is 78.6. The molecule has 3 aliphatic heterocycles. The Morgan fingerprint density at radius 3 is 2.25 bits per heavy atom. The lowest BCUT2D eigenvalue weighted by atomic mass is 9.87. The fourth-order valence-corrected chi connectivity index (χ4v) is 8.42. The lowest BCUT2D eigenvalue weighted by Crippen LogP contribution is -2.45. The van der Waals surface area contributed by atoms with Crippen LogP contribution in [0.1, 0.15) is 47.9 Å². The Balaban J connectivity index is 1.34. The Morgan fingerprint density at radius 2 is 1.55 bits per heavy atom. The molecular weight excluding hydrogens is 697 g/mol. The second kappa shape index (κ2) is 13.3. The Labute approximate surface area is 294 Å². The minimum absolute atomic E-state index is 0.0497. The lowest BCUT2D eigenvalue weighted by molar-refractivity contribution is -0.137. The molecule has 7 rings (SSSR count). The van der Waals surface area contributed by atoms with Crippen molar-refractivity contribution >= 4 is 48.8 Å². The highest BCUT2D eigenvalue weighted by molar-refractivity contribution is 7.86. The summed E-state index contributed by atoms with van der Waals surface area (Å²) in [5.74, 6) is 0.0964. The van der Waals surface area contributed by atoms with E-state index in [1.54, 1.807) is 30.3 Å². The quantitative estimate of drug-likeness (QED) is 0.104. The summed E-state index contributed by atoms with van der Waals surface area (Å²) in [7, 11) is -7.87. The van der Waals surface area contributed by atoms with Crippen LogP contribution in [-0.4, -0.2) is 63.7 Å². The highest BCUT2D eigenvalue weighted by atomic mass is 32.2. The summed E-state index contributed by atoms with van der Waals surface area (Å²) in [5, 5.41) is 19.5. The van der Waals surface area contributed by atoms with Crippen molar-refractivity contribution in [3.8, 4) is 11.5 Å². The summed E-state index contributed by atoms with van der Waals surface area (Å²) >= 11 is 0. The number of ether oxygens (including phenoxy) is 1. The van der Waals surface area contributed by atoms with Gasteiger partial charge in [0.15, 0.2) is 0 Å². The van der Waals surface area contributed by atoms with E-state index in [9.17, 15) is 30.7 Å². The number of nitrogens with zero attached hydrogens (tertiary/aromatic N) is 4. The average molecular weight is 732 g/mol. The summed E-state index contributed by atoms with van der Waals surface area (Å²) in [6.07, 6.45) is 4.03. The van der Waals surface area contributed by atoms with Crippen LogP contribution in [0.5, 0.6) is 11.5 Å². The third kappa shape index (κ3) is 6.89. The predicted octanol–water partition coefficient (Wildman–Crippen LogP) is 4.63. The van der Waals surface area contributed by atoms with Crippen LogP contribution in [0, 0.1) is 0 Å². The number of carboxylic acids is 1. The van der Waals surface area contributed by atoms with Gasteiger partial charge in [-0.05, 0) is 73.9 Å². The Hall–Kier alpha value is -4.96. The molecule has 0 unspecified atom stereocenters. The van der Waals surface area contributed by atoms with E-state index in [0.29, 0.717) is 52.2 Å². The molecule has 0 atom stereocenters. The van der Waals surface area contributed by atoms with Crippen LogP contribution in [-0.2, 0) is 37.9 Å². The van der Waals surface area contributed by atoms with Gasteiger partial charge in [0.1, 0.15) is 29.5 Å². The van der Waals surface area contributed by atoms with Crippen molar-refractivity contribution in [2.45, 2.75) is 48.3 Å². The molecule has 0 aliphatic carbocycles. The minimum Gasteiger partial charge on any atom is -0.481 e. The van der Waals surface area contributed by atoms with Gasteiger partial charge in [-0.25, -0.2) is 4.58 Å². The van der Waals surface area contributed by atoms with E-state index in [0.717, 1.165) is 73.1 Å². The number of fused-ring (bicyclic) bond motifs is 3. The lowest BCUT2D eigenvalue weighted by Gasteiger charge is -2.27. The standard InChI is InChI=1S/C36H34N4O9S2/c1-39(16-4-7-33(41)42)25-11-8-23(9-12-25)37-38-24-10-14-27-31(20-24)49-36-29-6-3-18-40-17-2-5-22(35(29)40)19-30(36)34(27)28-15-13-26(50(43,44)45)21-32(28)51(46,47)48/h8-15,19-21H,2-7,16-18H2,1H3,(H2-,41,42,43,44,45,46,47,48)/p+1. The average Bonchev–Trinajstić information content (AvgIpc) is 3.09. The maximum atomic E-state index is 12.8. The molecule has 0 saturated heterocycles. The van der Waals surface area contributed by atoms with E-state index in [-0.39, 0.29) is 12.0 Å². The topological polar surface area (TPSA) is 186 Å². The molecule has 51 heavy (non-hydrogen) atoms. The predicted molar refractivity (Wildman–Crippen MR) is 188 cm³/mol. The van der Waals surface area contributed by atoms with Crippen molar-refractivity contribution in [2.75, 3.05) is 31.6 Å². The fraction of sp³-hybridized carbons (Fsp3) is 0.278. The van der Waals surface area contributed by atoms with Gasteiger partial charge in [-0.15, -0.1) is 0 Å². The molecule has 0 amide bonds. The number of benzene rings is 4. The number of azo groups is 1. The first-order valence-corrected chi connectivity index (χ1v) is 19.3. The number of carbonyl (C=O) groups is 1. The summed E-state index contributed by atoms with van der Waals surface area (Å²) in [6, 6.07) is 17.6. The normalized spacial score (nSPS) is 15.2. The van der Waals surface area contributed by atoms with Crippen molar-refractivity contribution in [1.82, 2.24) is 4.58 Å². The number of anilines is 1. The van der Waals surface area contributed by atoms with Gasteiger partial charge in [-0.2, -0.15) is 27.1 Å². The van der Waals surface area contributed by atoms with Gasteiger partial charge in [-0.1, -0.05) is 6.07 Å². The summed E-state index contributed by atoms with van der Waals surface area (Å²) in [6.45, 7) is 2.42. The van der Waals surface area contributed by atoms with E-state index in [4.69, 9.17) is 9.84 Å². The highest BCUT2D eigenvalue weighted by Crippen LogP contribution is 2.42. The van der Waals surface area contributed by atoms with Gasteiger partial charge in [0.05, 0.1) is 21.8 Å². The van der Waals surface area contributed by atoms with Crippen LogP contribution in [0.2, 0.25) is 0 Å². The molecule has 0 radical (unpaired) electrons. The second-order valence-corrected chi connectivity index (χ2v) is 15.6. The Kier molecular flexibility index (Phi) is 8.99. The van der Waals surface area contributed by atoms with Gasteiger partial charge in [0.2, 0.25) is 5.36 Å². The second-order valence-electron chi connectivity index (χ2n) is 12.8. The molecule has 0 bridgehead atoms. The molecular formula is C36H35N4O9S2+. The van der Waals surface area contributed by atoms with Gasteiger partial charge in [0.25, 0.3) is 20.2 Å². The van der Waals surface area contributed by atoms with Gasteiger partial charge in [-0.3, -0.25) is 13.9 Å². The maximum absolute atomic E-state index is 12.8. The number of hydrogen-bond acceptors (Lipinski definition) is 9. The third-order valence-electron chi connectivity index (χ3n) is 9.44. The molecule has 0 saturated carbocycles.